The van der Waals surface area contributed by atoms with Crippen molar-refractivity contribution in [2.75, 3.05) is 7.05 Å². The lowest BCUT2D eigenvalue weighted by molar-refractivity contribution is 0.318. The summed E-state index contributed by atoms with van der Waals surface area (Å²) >= 11 is 0. The molecule has 19 heavy (non-hydrogen) atoms. The SMILES string of the molecule is CN(Cc1cccc(O)c1)Cc1cccc(C#N)c1. The number of hydrogen-bond donors (Lipinski definition) is 1. The number of phenolic OH excluding ortho intramolecular Hbond substituents is 1. The van der Waals surface area contributed by atoms with Gasteiger partial charge in [-0.3, -0.25) is 4.90 Å². The molecule has 0 saturated carbocycles. The maximum Gasteiger partial charge on any atom is 0.115 e. The lowest BCUT2D eigenvalue weighted by atomic mass is 10.1. The summed E-state index contributed by atoms with van der Waals surface area (Å²) in [6.07, 6.45) is 0. The van der Waals surface area contributed by atoms with Crippen LogP contribution in [0.5, 0.6) is 5.75 Å². The van der Waals surface area contributed by atoms with E-state index in [9.17, 15) is 5.11 Å². The Kier molecular flexibility index (Phi) is 4.17. The van der Waals surface area contributed by atoms with Gasteiger partial charge >= 0.3 is 0 Å². The number of benzene rings is 2. The average Bonchev–Trinajstić information content (AvgIpc) is 2.38. The first kappa shape index (κ1) is 13.1. The number of nitriles is 1. The second kappa shape index (κ2) is 6.03. The van der Waals surface area contributed by atoms with Crippen LogP contribution in [0.3, 0.4) is 0 Å². The van der Waals surface area contributed by atoms with Gasteiger partial charge in [-0.25, -0.2) is 0 Å². The largest absolute Gasteiger partial charge is 0.508 e. The molecule has 2 rings (SSSR count). The predicted octanol–water partition coefficient (Wildman–Crippen LogP) is 2.90. The zero-order valence-corrected chi connectivity index (χ0v) is 10.9. The molecule has 2 aromatic rings. The molecule has 0 aliphatic heterocycles. The van der Waals surface area contributed by atoms with Crippen molar-refractivity contribution in [1.29, 1.82) is 5.26 Å². The van der Waals surface area contributed by atoms with E-state index in [2.05, 4.69) is 11.0 Å². The predicted molar refractivity (Wildman–Crippen MR) is 74.4 cm³/mol. The lowest BCUT2D eigenvalue weighted by Crippen LogP contribution is -2.17. The van der Waals surface area contributed by atoms with Crippen LogP contribution in [-0.4, -0.2) is 17.1 Å². The van der Waals surface area contributed by atoms with E-state index >= 15 is 0 Å². The second-order valence-electron chi connectivity index (χ2n) is 4.65. The second-order valence-corrected chi connectivity index (χ2v) is 4.65. The molecule has 0 aliphatic carbocycles. The Morgan fingerprint density at radius 1 is 1.05 bits per heavy atom. The van der Waals surface area contributed by atoms with Gasteiger partial charge in [0.2, 0.25) is 0 Å². The Morgan fingerprint density at radius 2 is 1.68 bits per heavy atom. The zero-order chi connectivity index (χ0) is 13.7. The highest BCUT2D eigenvalue weighted by Gasteiger charge is 2.03. The first-order valence-electron chi connectivity index (χ1n) is 6.13. The van der Waals surface area contributed by atoms with Crippen molar-refractivity contribution in [3.05, 3.63) is 65.2 Å². The van der Waals surface area contributed by atoms with E-state index < -0.39 is 0 Å². The number of nitrogens with zero attached hydrogens (tertiary/aromatic N) is 2. The number of hydrogen-bond acceptors (Lipinski definition) is 3. The van der Waals surface area contributed by atoms with Crippen molar-refractivity contribution in [2.45, 2.75) is 13.1 Å². The highest BCUT2D eigenvalue weighted by molar-refractivity contribution is 5.33. The molecule has 0 aromatic heterocycles. The Hall–Kier alpha value is -2.31. The van der Waals surface area contributed by atoms with Crippen molar-refractivity contribution in [2.24, 2.45) is 0 Å². The van der Waals surface area contributed by atoms with E-state index in [1.807, 2.05) is 37.4 Å². The van der Waals surface area contributed by atoms with Crippen LogP contribution in [0.2, 0.25) is 0 Å². The Morgan fingerprint density at radius 3 is 2.32 bits per heavy atom. The topological polar surface area (TPSA) is 47.3 Å². The van der Waals surface area contributed by atoms with E-state index in [4.69, 9.17) is 5.26 Å². The molecule has 0 radical (unpaired) electrons. The van der Waals surface area contributed by atoms with Gasteiger partial charge in [-0.1, -0.05) is 24.3 Å². The summed E-state index contributed by atoms with van der Waals surface area (Å²) in [5, 5.41) is 18.3. The maximum atomic E-state index is 9.43. The van der Waals surface area contributed by atoms with E-state index in [-0.39, 0.29) is 5.75 Å². The highest BCUT2D eigenvalue weighted by atomic mass is 16.3. The fraction of sp³-hybridized carbons (Fsp3) is 0.188. The van der Waals surface area contributed by atoms with Crippen molar-refractivity contribution in [3.8, 4) is 11.8 Å². The van der Waals surface area contributed by atoms with Crippen molar-refractivity contribution in [1.82, 2.24) is 4.90 Å². The third kappa shape index (κ3) is 3.84. The van der Waals surface area contributed by atoms with E-state index in [0.29, 0.717) is 5.56 Å². The molecule has 0 fully saturated rings. The molecule has 0 bridgehead atoms. The molecule has 0 aliphatic rings. The van der Waals surface area contributed by atoms with Crippen LogP contribution in [0.15, 0.2) is 48.5 Å². The Labute approximate surface area is 113 Å². The van der Waals surface area contributed by atoms with E-state index in [1.165, 1.54) is 0 Å². The molecule has 96 valence electrons. The van der Waals surface area contributed by atoms with Gasteiger partial charge in [0.15, 0.2) is 0 Å². The maximum absolute atomic E-state index is 9.43. The number of rotatable bonds is 4. The molecule has 0 amide bonds. The van der Waals surface area contributed by atoms with Gasteiger partial charge in [0.25, 0.3) is 0 Å². The van der Waals surface area contributed by atoms with E-state index in [1.54, 1.807) is 18.2 Å². The third-order valence-electron chi connectivity index (χ3n) is 2.87. The van der Waals surface area contributed by atoms with Gasteiger partial charge in [-0.05, 0) is 42.4 Å². The third-order valence-corrected chi connectivity index (χ3v) is 2.87. The molecule has 0 spiro atoms. The summed E-state index contributed by atoms with van der Waals surface area (Å²) in [4.78, 5) is 2.14. The first-order valence-corrected chi connectivity index (χ1v) is 6.13. The molecule has 0 unspecified atom stereocenters. The average molecular weight is 252 g/mol. The van der Waals surface area contributed by atoms with Gasteiger partial charge in [-0.15, -0.1) is 0 Å². The first-order chi connectivity index (χ1) is 9.17. The van der Waals surface area contributed by atoms with Crippen molar-refractivity contribution < 1.29 is 5.11 Å². The molecule has 3 heteroatoms. The molecular weight excluding hydrogens is 236 g/mol. The summed E-state index contributed by atoms with van der Waals surface area (Å²) in [5.74, 6) is 0.289. The van der Waals surface area contributed by atoms with Crippen molar-refractivity contribution >= 4 is 0 Å². The Bertz CT molecular complexity index is 602. The summed E-state index contributed by atoms with van der Waals surface area (Å²) in [5.41, 5.74) is 2.86. The molecule has 3 nitrogen and oxygen atoms in total. The lowest BCUT2D eigenvalue weighted by Gasteiger charge is -2.17. The minimum atomic E-state index is 0.289. The quantitative estimate of drug-likeness (QED) is 0.910. The zero-order valence-electron chi connectivity index (χ0n) is 10.9. The number of phenols is 1. The van der Waals surface area contributed by atoms with Gasteiger partial charge in [0, 0.05) is 13.1 Å². The Balaban J connectivity index is 2.01. The van der Waals surface area contributed by atoms with Gasteiger partial charge in [0.05, 0.1) is 11.6 Å². The fourth-order valence-electron chi connectivity index (χ4n) is 2.07. The number of aromatic hydroxyl groups is 1. The van der Waals surface area contributed by atoms with Crippen LogP contribution in [0.4, 0.5) is 0 Å². The molecule has 0 saturated heterocycles. The van der Waals surface area contributed by atoms with E-state index in [0.717, 1.165) is 24.2 Å². The monoisotopic (exact) mass is 252 g/mol. The standard InChI is InChI=1S/C16H16N2O/c1-18(12-15-6-3-7-16(19)9-15)11-14-5-2-4-13(8-14)10-17/h2-9,19H,11-12H2,1H3. The van der Waals surface area contributed by atoms with Crippen LogP contribution < -0.4 is 0 Å². The van der Waals surface area contributed by atoms with Crippen LogP contribution in [0, 0.1) is 11.3 Å². The smallest absolute Gasteiger partial charge is 0.115 e. The van der Waals surface area contributed by atoms with Gasteiger partial charge in [-0.2, -0.15) is 5.26 Å². The summed E-state index contributed by atoms with van der Waals surface area (Å²) in [6, 6.07) is 17.0. The van der Waals surface area contributed by atoms with Gasteiger partial charge in [0.1, 0.15) is 5.75 Å². The highest BCUT2D eigenvalue weighted by Crippen LogP contribution is 2.14. The molecule has 1 N–H and O–H groups in total. The molecule has 0 atom stereocenters. The molecular formula is C16H16N2O. The van der Waals surface area contributed by atoms with Crippen molar-refractivity contribution in [3.63, 3.8) is 0 Å². The normalized spacial score (nSPS) is 10.4. The summed E-state index contributed by atoms with van der Waals surface area (Å²) in [7, 11) is 2.02. The van der Waals surface area contributed by atoms with Crippen LogP contribution >= 0.6 is 0 Å². The summed E-state index contributed by atoms with van der Waals surface area (Å²) < 4.78 is 0. The minimum absolute atomic E-state index is 0.289. The molecule has 0 heterocycles. The fourth-order valence-corrected chi connectivity index (χ4v) is 2.07. The van der Waals surface area contributed by atoms with Crippen LogP contribution in [-0.2, 0) is 13.1 Å². The van der Waals surface area contributed by atoms with Crippen LogP contribution in [0.25, 0.3) is 0 Å². The van der Waals surface area contributed by atoms with Crippen LogP contribution in [0.1, 0.15) is 16.7 Å². The summed E-state index contributed by atoms with van der Waals surface area (Å²) in [6.45, 7) is 1.52. The molecule has 2 aromatic carbocycles. The van der Waals surface area contributed by atoms with Gasteiger partial charge < -0.3 is 5.11 Å². The minimum Gasteiger partial charge on any atom is -0.508 e.